The number of benzene rings is 1. The van der Waals surface area contributed by atoms with Crippen LogP contribution in [0.15, 0.2) is 40.9 Å². The molecule has 0 atom stereocenters. The van der Waals surface area contributed by atoms with E-state index in [0.717, 1.165) is 34.5 Å². The number of carbonyl (C=O) groups is 1. The molecule has 0 bridgehead atoms. The Hall–Kier alpha value is -2.12. The first-order chi connectivity index (χ1) is 12.6. The number of aromatic nitrogens is 3. The highest BCUT2D eigenvalue weighted by Crippen LogP contribution is 2.27. The van der Waals surface area contributed by atoms with Crippen molar-refractivity contribution in [2.24, 2.45) is 0 Å². The van der Waals surface area contributed by atoms with Gasteiger partial charge in [0.25, 0.3) is 0 Å². The summed E-state index contributed by atoms with van der Waals surface area (Å²) in [5.74, 6) is 1.14. The van der Waals surface area contributed by atoms with Crippen LogP contribution in [0.3, 0.4) is 0 Å². The summed E-state index contributed by atoms with van der Waals surface area (Å²) in [7, 11) is 0. The second kappa shape index (κ2) is 8.51. The number of aryl methyl sites for hydroxylation is 2. The molecule has 1 amide bonds. The minimum Gasteiger partial charge on any atom is -0.325 e. The maximum absolute atomic E-state index is 12.3. The van der Waals surface area contributed by atoms with Gasteiger partial charge in [0.2, 0.25) is 5.91 Å². The van der Waals surface area contributed by atoms with Crippen molar-refractivity contribution >= 4 is 34.7 Å². The predicted octanol–water partition coefficient (Wildman–Crippen LogP) is 4.76. The van der Waals surface area contributed by atoms with Crippen LogP contribution in [0.5, 0.6) is 0 Å². The zero-order valence-corrected chi connectivity index (χ0v) is 16.8. The standard InChI is InChI=1S/C19H22N4OS2/c1-4-9-23-18(16-6-5-10-25-16)21-22-19(23)26-12-17(24)20-15-8-7-13(2)14(3)11-15/h5-8,10-11H,4,9,12H2,1-3H3,(H,20,24). The number of nitrogens with zero attached hydrogens (tertiary/aromatic N) is 3. The number of nitrogens with one attached hydrogen (secondary N) is 1. The monoisotopic (exact) mass is 386 g/mol. The molecule has 3 aromatic rings. The van der Waals surface area contributed by atoms with Crippen LogP contribution in [-0.2, 0) is 11.3 Å². The van der Waals surface area contributed by atoms with E-state index in [4.69, 9.17) is 0 Å². The van der Waals surface area contributed by atoms with Gasteiger partial charge >= 0.3 is 0 Å². The first-order valence-electron chi connectivity index (χ1n) is 8.55. The second-order valence-electron chi connectivity index (χ2n) is 6.07. The first kappa shape index (κ1) is 18.7. The molecule has 0 saturated carbocycles. The van der Waals surface area contributed by atoms with Gasteiger partial charge in [-0.3, -0.25) is 4.79 Å². The lowest BCUT2D eigenvalue weighted by Crippen LogP contribution is -2.15. The average molecular weight is 387 g/mol. The quantitative estimate of drug-likeness (QED) is 0.595. The number of hydrogen-bond donors (Lipinski definition) is 1. The van der Waals surface area contributed by atoms with Crippen molar-refractivity contribution in [2.45, 2.75) is 38.9 Å². The van der Waals surface area contributed by atoms with Gasteiger partial charge in [-0.25, -0.2) is 0 Å². The highest BCUT2D eigenvalue weighted by atomic mass is 32.2. The smallest absolute Gasteiger partial charge is 0.234 e. The van der Waals surface area contributed by atoms with Crippen molar-refractivity contribution in [3.05, 3.63) is 46.8 Å². The Morgan fingerprint density at radius 1 is 1.23 bits per heavy atom. The molecule has 136 valence electrons. The molecule has 1 aromatic carbocycles. The number of thiophene rings is 1. The lowest BCUT2D eigenvalue weighted by Gasteiger charge is -2.09. The Labute approximate surface area is 161 Å². The lowest BCUT2D eigenvalue weighted by atomic mass is 10.1. The van der Waals surface area contributed by atoms with E-state index in [1.54, 1.807) is 11.3 Å². The van der Waals surface area contributed by atoms with E-state index in [0.29, 0.717) is 5.75 Å². The number of hydrogen-bond acceptors (Lipinski definition) is 5. The van der Waals surface area contributed by atoms with Crippen molar-refractivity contribution < 1.29 is 4.79 Å². The van der Waals surface area contributed by atoms with Crippen molar-refractivity contribution in [3.63, 3.8) is 0 Å². The Morgan fingerprint density at radius 3 is 2.77 bits per heavy atom. The zero-order chi connectivity index (χ0) is 18.5. The molecule has 7 heteroatoms. The van der Waals surface area contributed by atoms with E-state index >= 15 is 0 Å². The number of amides is 1. The maximum Gasteiger partial charge on any atom is 0.234 e. The van der Waals surface area contributed by atoms with Crippen LogP contribution in [0, 0.1) is 13.8 Å². The van der Waals surface area contributed by atoms with Gasteiger partial charge in [-0.15, -0.1) is 21.5 Å². The van der Waals surface area contributed by atoms with Crippen molar-refractivity contribution in [1.82, 2.24) is 14.8 Å². The molecule has 26 heavy (non-hydrogen) atoms. The summed E-state index contributed by atoms with van der Waals surface area (Å²) < 4.78 is 2.10. The van der Waals surface area contributed by atoms with E-state index in [1.165, 1.54) is 22.9 Å². The SMILES string of the molecule is CCCn1c(SCC(=O)Nc2ccc(C)c(C)c2)nnc1-c1cccs1. The Kier molecular flexibility index (Phi) is 6.11. The minimum absolute atomic E-state index is 0.0398. The van der Waals surface area contributed by atoms with E-state index in [2.05, 4.69) is 33.9 Å². The molecular formula is C19H22N4OS2. The number of rotatable bonds is 7. The Bertz CT molecular complexity index is 887. The van der Waals surface area contributed by atoms with Crippen LogP contribution in [0.2, 0.25) is 0 Å². The summed E-state index contributed by atoms with van der Waals surface area (Å²) in [6, 6.07) is 9.99. The molecule has 0 fully saturated rings. The van der Waals surface area contributed by atoms with Gasteiger partial charge < -0.3 is 9.88 Å². The molecule has 2 aromatic heterocycles. The third-order valence-electron chi connectivity index (χ3n) is 4.03. The topological polar surface area (TPSA) is 59.8 Å². The van der Waals surface area contributed by atoms with E-state index in [1.807, 2.05) is 42.6 Å². The van der Waals surface area contributed by atoms with Crippen molar-refractivity contribution in [1.29, 1.82) is 0 Å². The van der Waals surface area contributed by atoms with E-state index in [9.17, 15) is 4.79 Å². The maximum atomic E-state index is 12.3. The molecule has 0 radical (unpaired) electrons. The zero-order valence-electron chi connectivity index (χ0n) is 15.2. The molecule has 0 unspecified atom stereocenters. The summed E-state index contributed by atoms with van der Waals surface area (Å²) in [4.78, 5) is 13.4. The van der Waals surface area contributed by atoms with Gasteiger partial charge in [0.1, 0.15) is 0 Å². The van der Waals surface area contributed by atoms with Crippen LogP contribution in [0.4, 0.5) is 5.69 Å². The van der Waals surface area contributed by atoms with Crippen LogP contribution >= 0.6 is 23.1 Å². The largest absolute Gasteiger partial charge is 0.325 e. The Balaban J connectivity index is 1.67. The van der Waals surface area contributed by atoms with Gasteiger partial charge in [-0.2, -0.15) is 0 Å². The summed E-state index contributed by atoms with van der Waals surface area (Å²) in [5.41, 5.74) is 3.21. The predicted molar refractivity (Wildman–Crippen MR) is 109 cm³/mol. The molecule has 3 rings (SSSR count). The molecule has 0 aliphatic carbocycles. The number of thioether (sulfide) groups is 1. The molecule has 0 aliphatic rings. The minimum atomic E-state index is -0.0398. The molecule has 0 saturated heterocycles. The Morgan fingerprint density at radius 2 is 2.08 bits per heavy atom. The van der Waals surface area contributed by atoms with Crippen LogP contribution < -0.4 is 5.32 Å². The normalized spacial score (nSPS) is 10.9. The fourth-order valence-electron chi connectivity index (χ4n) is 2.56. The summed E-state index contributed by atoms with van der Waals surface area (Å²) >= 11 is 3.07. The molecule has 2 heterocycles. The summed E-state index contributed by atoms with van der Waals surface area (Å²) in [6.07, 6.45) is 0.985. The molecule has 1 N–H and O–H groups in total. The van der Waals surface area contributed by atoms with Gasteiger partial charge in [-0.05, 0) is 55.0 Å². The molecule has 0 aliphatic heterocycles. The molecule has 5 nitrogen and oxygen atoms in total. The average Bonchev–Trinajstić information content (AvgIpc) is 3.26. The van der Waals surface area contributed by atoms with Gasteiger partial charge in [0, 0.05) is 12.2 Å². The number of anilines is 1. The van der Waals surface area contributed by atoms with Gasteiger partial charge in [0.05, 0.1) is 10.6 Å². The van der Waals surface area contributed by atoms with Crippen LogP contribution in [0.25, 0.3) is 10.7 Å². The molecular weight excluding hydrogens is 364 g/mol. The van der Waals surface area contributed by atoms with Crippen LogP contribution in [-0.4, -0.2) is 26.4 Å². The fourth-order valence-corrected chi connectivity index (χ4v) is 4.04. The lowest BCUT2D eigenvalue weighted by molar-refractivity contribution is -0.113. The second-order valence-corrected chi connectivity index (χ2v) is 7.96. The molecule has 0 spiro atoms. The highest BCUT2D eigenvalue weighted by Gasteiger charge is 2.16. The van der Waals surface area contributed by atoms with Gasteiger partial charge in [-0.1, -0.05) is 30.8 Å². The fraction of sp³-hybridized carbons (Fsp3) is 0.316. The third-order valence-corrected chi connectivity index (χ3v) is 5.86. The first-order valence-corrected chi connectivity index (χ1v) is 10.4. The highest BCUT2D eigenvalue weighted by molar-refractivity contribution is 7.99. The third kappa shape index (κ3) is 4.34. The number of carbonyl (C=O) groups excluding carboxylic acids is 1. The summed E-state index contributed by atoms with van der Waals surface area (Å²) in [6.45, 7) is 7.06. The van der Waals surface area contributed by atoms with Crippen LogP contribution in [0.1, 0.15) is 24.5 Å². The summed E-state index contributed by atoms with van der Waals surface area (Å²) in [5, 5.41) is 14.4. The van der Waals surface area contributed by atoms with Gasteiger partial charge in [0.15, 0.2) is 11.0 Å². The van der Waals surface area contributed by atoms with Crippen molar-refractivity contribution in [2.75, 3.05) is 11.1 Å². The van der Waals surface area contributed by atoms with E-state index in [-0.39, 0.29) is 5.91 Å². The van der Waals surface area contributed by atoms with E-state index < -0.39 is 0 Å². The van der Waals surface area contributed by atoms with Crippen molar-refractivity contribution in [3.8, 4) is 10.7 Å².